The van der Waals surface area contributed by atoms with Gasteiger partial charge >= 0.3 is 0 Å². The van der Waals surface area contributed by atoms with Crippen LogP contribution in [0.5, 0.6) is 5.75 Å². The molecule has 2 N–H and O–H groups in total. The van der Waals surface area contributed by atoms with Crippen LogP contribution in [0.3, 0.4) is 0 Å². The van der Waals surface area contributed by atoms with Gasteiger partial charge in [-0.05, 0) is 36.2 Å². The first-order chi connectivity index (χ1) is 11.1. The summed E-state index contributed by atoms with van der Waals surface area (Å²) in [6.45, 7) is -0.184. The SMILES string of the molecule is COc1ccc(C(CCO)NC(=O)c2c(F)cccc2F)cc1. The number of ether oxygens (including phenoxy) is 1. The fraction of sp³-hybridized carbons (Fsp3) is 0.235. The molecule has 0 saturated carbocycles. The van der Waals surface area contributed by atoms with Crippen LogP contribution in [-0.2, 0) is 0 Å². The average Bonchev–Trinajstić information content (AvgIpc) is 2.54. The smallest absolute Gasteiger partial charge is 0.257 e. The van der Waals surface area contributed by atoms with Crippen molar-refractivity contribution in [2.24, 2.45) is 0 Å². The molecule has 0 aromatic heterocycles. The normalized spacial score (nSPS) is 11.8. The second-order valence-corrected chi connectivity index (χ2v) is 4.91. The third kappa shape index (κ3) is 4.04. The summed E-state index contributed by atoms with van der Waals surface area (Å²) in [6.07, 6.45) is 0.216. The molecule has 1 unspecified atom stereocenters. The van der Waals surface area contributed by atoms with Gasteiger partial charge in [0.2, 0.25) is 0 Å². The Morgan fingerprint density at radius 2 is 1.78 bits per heavy atom. The van der Waals surface area contributed by atoms with Gasteiger partial charge in [0.05, 0.1) is 13.2 Å². The molecule has 4 nitrogen and oxygen atoms in total. The van der Waals surface area contributed by atoms with Gasteiger partial charge in [0.25, 0.3) is 5.91 Å². The van der Waals surface area contributed by atoms with E-state index < -0.39 is 29.1 Å². The number of nitrogens with one attached hydrogen (secondary N) is 1. The molecule has 0 heterocycles. The maximum absolute atomic E-state index is 13.7. The van der Waals surface area contributed by atoms with Crippen molar-refractivity contribution in [1.82, 2.24) is 5.32 Å². The summed E-state index contributed by atoms with van der Waals surface area (Å²) >= 11 is 0. The number of carbonyl (C=O) groups excluding carboxylic acids is 1. The van der Waals surface area contributed by atoms with E-state index in [0.29, 0.717) is 11.3 Å². The summed E-state index contributed by atoms with van der Waals surface area (Å²) in [5.74, 6) is -2.09. The number of carbonyl (C=O) groups is 1. The van der Waals surface area contributed by atoms with Crippen molar-refractivity contribution >= 4 is 5.91 Å². The third-order valence-corrected chi connectivity index (χ3v) is 3.43. The predicted octanol–water partition coefficient (Wildman–Crippen LogP) is 2.83. The molecule has 0 aliphatic carbocycles. The molecule has 1 amide bonds. The molecule has 0 spiro atoms. The third-order valence-electron chi connectivity index (χ3n) is 3.43. The number of aliphatic hydroxyl groups is 1. The zero-order valence-corrected chi connectivity index (χ0v) is 12.6. The van der Waals surface area contributed by atoms with E-state index >= 15 is 0 Å². The van der Waals surface area contributed by atoms with Gasteiger partial charge in [-0.1, -0.05) is 18.2 Å². The minimum absolute atomic E-state index is 0.184. The van der Waals surface area contributed by atoms with Gasteiger partial charge in [-0.25, -0.2) is 8.78 Å². The Morgan fingerprint density at radius 3 is 2.30 bits per heavy atom. The Bertz CT molecular complexity index is 654. The quantitative estimate of drug-likeness (QED) is 0.860. The van der Waals surface area contributed by atoms with Crippen molar-refractivity contribution in [3.63, 3.8) is 0 Å². The van der Waals surface area contributed by atoms with Crippen LogP contribution < -0.4 is 10.1 Å². The second-order valence-electron chi connectivity index (χ2n) is 4.91. The lowest BCUT2D eigenvalue weighted by Gasteiger charge is -2.19. The van der Waals surface area contributed by atoms with E-state index in [-0.39, 0.29) is 13.0 Å². The highest BCUT2D eigenvalue weighted by Gasteiger charge is 2.21. The largest absolute Gasteiger partial charge is 0.497 e. The molecule has 2 rings (SSSR count). The Morgan fingerprint density at radius 1 is 1.17 bits per heavy atom. The molecule has 6 heteroatoms. The molecule has 1 atom stereocenters. The summed E-state index contributed by atoms with van der Waals surface area (Å²) in [5.41, 5.74) is 0.0638. The first-order valence-electron chi connectivity index (χ1n) is 7.06. The molecule has 0 aliphatic rings. The van der Waals surface area contributed by atoms with Crippen LogP contribution in [0.25, 0.3) is 0 Å². The summed E-state index contributed by atoms with van der Waals surface area (Å²) in [6, 6.07) is 9.51. The molecular formula is C17H17F2NO3. The number of hydrogen-bond donors (Lipinski definition) is 2. The van der Waals surface area contributed by atoms with Gasteiger partial charge in [-0.15, -0.1) is 0 Å². The molecule has 23 heavy (non-hydrogen) atoms. The van der Waals surface area contributed by atoms with Crippen molar-refractivity contribution < 1.29 is 23.4 Å². The molecular weight excluding hydrogens is 304 g/mol. The second kappa shape index (κ2) is 7.69. The molecule has 2 aromatic rings. The van der Waals surface area contributed by atoms with Crippen LogP contribution in [-0.4, -0.2) is 24.7 Å². The van der Waals surface area contributed by atoms with Gasteiger partial charge < -0.3 is 15.2 Å². The number of halogens is 2. The Labute approximate surface area is 132 Å². The average molecular weight is 321 g/mol. The molecule has 122 valence electrons. The Kier molecular flexibility index (Phi) is 5.65. The van der Waals surface area contributed by atoms with Crippen molar-refractivity contribution in [2.45, 2.75) is 12.5 Å². The zero-order chi connectivity index (χ0) is 16.8. The minimum atomic E-state index is -0.931. The monoisotopic (exact) mass is 321 g/mol. The highest BCUT2D eigenvalue weighted by Crippen LogP contribution is 2.21. The van der Waals surface area contributed by atoms with Crippen LogP contribution in [0.1, 0.15) is 28.4 Å². The number of aliphatic hydroxyl groups excluding tert-OH is 1. The minimum Gasteiger partial charge on any atom is -0.497 e. The topological polar surface area (TPSA) is 58.6 Å². The van der Waals surface area contributed by atoms with Crippen LogP contribution in [0, 0.1) is 11.6 Å². The molecule has 0 bridgehead atoms. The standard InChI is InChI=1S/C17H17F2NO3/c1-23-12-7-5-11(6-8-12)15(9-10-21)20-17(22)16-13(18)3-2-4-14(16)19/h2-8,15,21H,9-10H2,1H3,(H,20,22). The Hall–Kier alpha value is -2.47. The lowest BCUT2D eigenvalue weighted by atomic mass is 10.0. The van der Waals surface area contributed by atoms with E-state index in [2.05, 4.69) is 5.32 Å². The molecule has 0 saturated heterocycles. The number of rotatable bonds is 6. The van der Waals surface area contributed by atoms with Gasteiger partial charge in [0.1, 0.15) is 22.9 Å². The van der Waals surface area contributed by atoms with Gasteiger partial charge in [0.15, 0.2) is 0 Å². The maximum Gasteiger partial charge on any atom is 0.257 e. The highest BCUT2D eigenvalue weighted by molar-refractivity contribution is 5.95. The number of hydrogen-bond acceptors (Lipinski definition) is 3. The lowest BCUT2D eigenvalue weighted by molar-refractivity contribution is 0.0921. The number of benzene rings is 2. The summed E-state index contributed by atoms with van der Waals surface area (Å²) in [5, 5.41) is 11.7. The van der Waals surface area contributed by atoms with Gasteiger partial charge in [0, 0.05) is 6.61 Å². The highest BCUT2D eigenvalue weighted by atomic mass is 19.1. The van der Waals surface area contributed by atoms with Crippen LogP contribution >= 0.6 is 0 Å². The summed E-state index contributed by atoms with van der Waals surface area (Å²) in [4.78, 5) is 12.2. The summed E-state index contributed by atoms with van der Waals surface area (Å²) < 4.78 is 32.4. The van der Waals surface area contributed by atoms with Crippen LogP contribution in [0.4, 0.5) is 8.78 Å². The van der Waals surface area contributed by atoms with E-state index in [1.807, 2.05) is 0 Å². The van der Waals surface area contributed by atoms with Crippen molar-refractivity contribution in [3.05, 3.63) is 65.2 Å². The molecule has 2 aromatic carbocycles. The molecule has 0 fully saturated rings. The first-order valence-corrected chi connectivity index (χ1v) is 7.06. The fourth-order valence-electron chi connectivity index (χ4n) is 2.23. The molecule has 0 radical (unpaired) electrons. The number of amides is 1. The zero-order valence-electron chi connectivity index (χ0n) is 12.6. The van der Waals surface area contributed by atoms with Crippen LogP contribution in [0.2, 0.25) is 0 Å². The van der Waals surface area contributed by atoms with E-state index in [9.17, 15) is 13.6 Å². The Balaban J connectivity index is 2.23. The van der Waals surface area contributed by atoms with E-state index in [1.54, 1.807) is 24.3 Å². The number of methoxy groups -OCH3 is 1. The lowest BCUT2D eigenvalue weighted by Crippen LogP contribution is -2.30. The molecule has 0 aliphatic heterocycles. The van der Waals surface area contributed by atoms with E-state index in [0.717, 1.165) is 12.1 Å². The van der Waals surface area contributed by atoms with Crippen LogP contribution in [0.15, 0.2) is 42.5 Å². The predicted molar refractivity (Wildman–Crippen MR) is 81.3 cm³/mol. The van der Waals surface area contributed by atoms with Gasteiger partial charge in [-0.3, -0.25) is 4.79 Å². The van der Waals surface area contributed by atoms with Crippen molar-refractivity contribution in [3.8, 4) is 5.75 Å². The van der Waals surface area contributed by atoms with Crippen molar-refractivity contribution in [1.29, 1.82) is 0 Å². The maximum atomic E-state index is 13.7. The summed E-state index contributed by atoms with van der Waals surface area (Å²) in [7, 11) is 1.53. The van der Waals surface area contributed by atoms with Crippen molar-refractivity contribution in [2.75, 3.05) is 13.7 Å². The van der Waals surface area contributed by atoms with Gasteiger partial charge in [-0.2, -0.15) is 0 Å². The first kappa shape index (κ1) is 16.9. The van der Waals surface area contributed by atoms with E-state index in [1.165, 1.54) is 13.2 Å². The fourth-order valence-corrected chi connectivity index (χ4v) is 2.23. The van der Waals surface area contributed by atoms with E-state index in [4.69, 9.17) is 9.84 Å².